The van der Waals surface area contributed by atoms with Crippen molar-refractivity contribution < 1.29 is 23.9 Å². The molecule has 0 aliphatic carbocycles. The first-order valence-corrected chi connectivity index (χ1v) is 9.17. The summed E-state index contributed by atoms with van der Waals surface area (Å²) in [5.74, 6) is 0.574. The number of rotatable bonds is 6. The van der Waals surface area contributed by atoms with E-state index in [9.17, 15) is 14.4 Å². The predicted octanol–water partition coefficient (Wildman–Crippen LogP) is 1.87. The number of ether oxygens (including phenoxy) is 2. The minimum absolute atomic E-state index is 0.156. The van der Waals surface area contributed by atoms with Crippen LogP contribution in [0.5, 0.6) is 11.5 Å². The standard InChI is InChI=1S/C21H23N3O5/c1-28-18-7-6-17(13-19(18)29-2)22-20(26)15-4-3-5-16(12-15)21(27)24-10-8-23(14-25)9-11-24/h3-7,12-14H,8-11H2,1-2H3,(H,22,26). The smallest absolute Gasteiger partial charge is 0.255 e. The second-order valence-corrected chi connectivity index (χ2v) is 6.54. The van der Waals surface area contributed by atoms with Crippen molar-refractivity contribution >= 4 is 23.9 Å². The van der Waals surface area contributed by atoms with Gasteiger partial charge in [0.05, 0.1) is 14.2 Å². The van der Waals surface area contributed by atoms with Crippen LogP contribution in [0.3, 0.4) is 0 Å². The molecule has 1 fully saturated rings. The Balaban J connectivity index is 1.71. The van der Waals surface area contributed by atoms with Gasteiger partial charge < -0.3 is 24.6 Å². The van der Waals surface area contributed by atoms with E-state index in [1.54, 1.807) is 52.3 Å². The Kier molecular flexibility index (Phi) is 6.33. The number of nitrogens with zero attached hydrogens (tertiary/aromatic N) is 2. The molecule has 1 saturated heterocycles. The summed E-state index contributed by atoms with van der Waals surface area (Å²) in [6.45, 7) is 1.96. The Bertz CT molecular complexity index is 907. The van der Waals surface area contributed by atoms with Crippen molar-refractivity contribution in [2.45, 2.75) is 0 Å². The van der Waals surface area contributed by atoms with Gasteiger partial charge in [-0.3, -0.25) is 14.4 Å². The van der Waals surface area contributed by atoms with E-state index < -0.39 is 0 Å². The lowest BCUT2D eigenvalue weighted by Crippen LogP contribution is -2.48. The molecule has 1 heterocycles. The second-order valence-electron chi connectivity index (χ2n) is 6.54. The lowest BCUT2D eigenvalue weighted by atomic mass is 10.1. The van der Waals surface area contributed by atoms with Crippen LogP contribution >= 0.6 is 0 Å². The van der Waals surface area contributed by atoms with Gasteiger partial charge in [-0.15, -0.1) is 0 Å². The molecule has 0 bridgehead atoms. The average Bonchev–Trinajstić information content (AvgIpc) is 2.78. The van der Waals surface area contributed by atoms with Crippen molar-refractivity contribution in [1.29, 1.82) is 0 Å². The van der Waals surface area contributed by atoms with Crippen molar-refractivity contribution in [1.82, 2.24) is 9.80 Å². The van der Waals surface area contributed by atoms with Crippen LogP contribution in [0, 0.1) is 0 Å². The summed E-state index contributed by atoms with van der Waals surface area (Å²) >= 11 is 0. The number of hydrogen-bond acceptors (Lipinski definition) is 5. The van der Waals surface area contributed by atoms with E-state index in [-0.39, 0.29) is 11.8 Å². The van der Waals surface area contributed by atoms with Gasteiger partial charge in [0.1, 0.15) is 0 Å². The van der Waals surface area contributed by atoms with E-state index in [1.807, 2.05) is 0 Å². The number of hydrogen-bond donors (Lipinski definition) is 1. The number of methoxy groups -OCH3 is 2. The van der Waals surface area contributed by atoms with Crippen molar-refractivity contribution in [3.63, 3.8) is 0 Å². The van der Waals surface area contributed by atoms with E-state index in [2.05, 4.69) is 5.32 Å². The van der Waals surface area contributed by atoms with Crippen LogP contribution in [0.4, 0.5) is 5.69 Å². The van der Waals surface area contributed by atoms with Crippen LogP contribution in [0.1, 0.15) is 20.7 Å². The summed E-state index contributed by atoms with van der Waals surface area (Å²) in [6, 6.07) is 11.7. The lowest BCUT2D eigenvalue weighted by Gasteiger charge is -2.32. The van der Waals surface area contributed by atoms with Crippen molar-refractivity contribution in [3.05, 3.63) is 53.6 Å². The first kappa shape index (κ1) is 20.2. The zero-order valence-corrected chi connectivity index (χ0v) is 16.4. The van der Waals surface area contributed by atoms with E-state index in [1.165, 1.54) is 14.2 Å². The molecule has 0 atom stereocenters. The Labute approximate surface area is 169 Å². The molecule has 8 heteroatoms. The van der Waals surface area contributed by atoms with Crippen LogP contribution in [0.2, 0.25) is 0 Å². The molecule has 0 radical (unpaired) electrons. The largest absolute Gasteiger partial charge is 0.493 e. The molecule has 2 aromatic carbocycles. The minimum Gasteiger partial charge on any atom is -0.493 e. The Morgan fingerprint density at radius 2 is 1.62 bits per heavy atom. The van der Waals surface area contributed by atoms with Crippen molar-refractivity contribution in [2.75, 3.05) is 45.7 Å². The number of anilines is 1. The van der Waals surface area contributed by atoms with Gasteiger partial charge in [-0.2, -0.15) is 0 Å². The Morgan fingerprint density at radius 3 is 2.28 bits per heavy atom. The van der Waals surface area contributed by atoms with Gasteiger partial charge in [-0.25, -0.2) is 0 Å². The number of carbonyl (C=O) groups excluding carboxylic acids is 3. The predicted molar refractivity (Wildman–Crippen MR) is 107 cm³/mol. The van der Waals surface area contributed by atoms with Gasteiger partial charge in [0.2, 0.25) is 6.41 Å². The highest BCUT2D eigenvalue weighted by Crippen LogP contribution is 2.30. The number of piperazine rings is 1. The third-order valence-corrected chi connectivity index (χ3v) is 4.76. The third kappa shape index (κ3) is 4.66. The third-order valence-electron chi connectivity index (χ3n) is 4.76. The molecule has 0 aromatic heterocycles. The van der Waals surface area contributed by atoms with E-state index in [4.69, 9.17) is 9.47 Å². The molecule has 152 valence electrons. The molecule has 3 rings (SSSR count). The molecule has 0 saturated carbocycles. The lowest BCUT2D eigenvalue weighted by molar-refractivity contribution is -0.119. The first-order chi connectivity index (χ1) is 14.0. The highest BCUT2D eigenvalue weighted by molar-refractivity contribution is 6.06. The van der Waals surface area contributed by atoms with Gasteiger partial charge in [0.15, 0.2) is 11.5 Å². The summed E-state index contributed by atoms with van der Waals surface area (Å²) in [5, 5.41) is 2.80. The monoisotopic (exact) mass is 397 g/mol. The molecular weight excluding hydrogens is 374 g/mol. The van der Waals surface area contributed by atoms with Crippen molar-refractivity contribution in [2.24, 2.45) is 0 Å². The van der Waals surface area contributed by atoms with Crippen LogP contribution in [-0.4, -0.2) is 68.4 Å². The summed E-state index contributed by atoms with van der Waals surface area (Å²) in [4.78, 5) is 39.5. The van der Waals surface area contributed by atoms with E-state index >= 15 is 0 Å². The highest BCUT2D eigenvalue weighted by Gasteiger charge is 2.22. The fourth-order valence-corrected chi connectivity index (χ4v) is 3.12. The van der Waals surface area contributed by atoms with Crippen LogP contribution in [0.25, 0.3) is 0 Å². The zero-order valence-electron chi connectivity index (χ0n) is 16.4. The topological polar surface area (TPSA) is 88.2 Å². The molecular formula is C21H23N3O5. The van der Waals surface area contributed by atoms with Gasteiger partial charge in [0.25, 0.3) is 11.8 Å². The number of benzene rings is 2. The molecule has 29 heavy (non-hydrogen) atoms. The van der Waals surface area contributed by atoms with Gasteiger partial charge in [-0.05, 0) is 30.3 Å². The molecule has 1 N–H and O–H groups in total. The number of nitrogens with one attached hydrogen (secondary N) is 1. The molecule has 1 aliphatic heterocycles. The van der Waals surface area contributed by atoms with Gasteiger partial charge in [-0.1, -0.05) is 6.07 Å². The maximum Gasteiger partial charge on any atom is 0.255 e. The maximum atomic E-state index is 12.7. The fraction of sp³-hybridized carbons (Fsp3) is 0.286. The summed E-state index contributed by atoms with van der Waals surface area (Å²) in [5.41, 5.74) is 1.36. The fourth-order valence-electron chi connectivity index (χ4n) is 3.12. The molecule has 1 aliphatic rings. The van der Waals surface area contributed by atoms with Crippen LogP contribution < -0.4 is 14.8 Å². The molecule has 8 nitrogen and oxygen atoms in total. The summed E-state index contributed by atoms with van der Waals surface area (Å²) < 4.78 is 10.4. The Hall–Kier alpha value is -3.55. The maximum absolute atomic E-state index is 12.7. The van der Waals surface area contributed by atoms with Gasteiger partial charge in [0, 0.05) is 49.1 Å². The average molecular weight is 397 g/mol. The first-order valence-electron chi connectivity index (χ1n) is 9.17. The Morgan fingerprint density at radius 1 is 0.931 bits per heavy atom. The number of amides is 3. The molecule has 2 aromatic rings. The SMILES string of the molecule is COc1ccc(NC(=O)c2cccc(C(=O)N3CCN(C=O)CC3)c2)cc1OC. The van der Waals surface area contributed by atoms with E-state index in [0.717, 1.165) is 6.41 Å². The van der Waals surface area contributed by atoms with Crippen LogP contribution in [-0.2, 0) is 4.79 Å². The second kappa shape index (κ2) is 9.09. The number of carbonyl (C=O) groups is 3. The van der Waals surface area contributed by atoms with Crippen molar-refractivity contribution in [3.8, 4) is 11.5 Å². The molecule has 0 spiro atoms. The van der Waals surface area contributed by atoms with Crippen LogP contribution in [0.15, 0.2) is 42.5 Å². The minimum atomic E-state index is -0.336. The van der Waals surface area contributed by atoms with E-state index in [0.29, 0.717) is 54.5 Å². The summed E-state index contributed by atoms with van der Waals surface area (Å²) in [6.07, 6.45) is 0.793. The summed E-state index contributed by atoms with van der Waals surface area (Å²) in [7, 11) is 3.06. The molecule has 3 amide bonds. The normalized spacial score (nSPS) is 13.6. The van der Waals surface area contributed by atoms with Gasteiger partial charge >= 0.3 is 0 Å². The quantitative estimate of drug-likeness (QED) is 0.752. The molecule has 0 unspecified atom stereocenters. The zero-order chi connectivity index (χ0) is 20.8. The highest BCUT2D eigenvalue weighted by atomic mass is 16.5.